The second-order valence-electron chi connectivity index (χ2n) is 6.38. The average molecular weight is 383 g/mol. The van der Waals surface area contributed by atoms with E-state index < -0.39 is 5.91 Å². The zero-order valence-corrected chi connectivity index (χ0v) is 15.3. The lowest BCUT2D eigenvalue weighted by molar-refractivity contribution is 0.0956. The number of phenolic OH excluding ortho intramolecular Hbond substituents is 2. The van der Waals surface area contributed by atoms with E-state index in [-0.39, 0.29) is 11.5 Å². The molecule has 1 aromatic heterocycles. The lowest BCUT2D eigenvalue weighted by Crippen LogP contribution is -2.18. The summed E-state index contributed by atoms with van der Waals surface area (Å²) in [7, 11) is 0. The molecule has 6 nitrogen and oxygen atoms in total. The second kappa shape index (κ2) is 7.82. The van der Waals surface area contributed by atoms with Gasteiger partial charge in [-0.1, -0.05) is 48.5 Å². The van der Waals surface area contributed by atoms with Crippen LogP contribution in [0.1, 0.15) is 15.9 Å². The van der Waals surface area contributed by atoms with E-state index in [2.05, 4.69) is 15.5 Å². The Labute approximate surface area is 166 Å². The van der Waals surface area contributed by atoms with Crippen LogP contribution in [-0.4, -0.2) is 27.3 Å². The summed E-state index contributed by atoms with van der Waals surface area (Å²) in [6.45, 7) is 0. The Bertz CT molecular complexity index is 1220. The van der Waals surface area contributed by atoms with Gasteiger partial charge in [0.15, 0.2) is 0 Å². The van der Waals surface area contributed by atoms with Crippen molar-refractivity contribution in [2.75, 3.05) is 0 Å². The Morgan fingerprint density at radius 1 is 0.931 bits per heavy atom. The Hall–Kier alpha value is -4.19. The summed E-state index contributed by atoms with van der Waals surface area (Å²) in [5, 5.41) is 23.8. The number of fused-ring (bicyclic) bond motifs is 1. The molecule has 1 heterocycles. The summed E-state index contributed by atoms with van der Waals surface area (Å²) < 4.78 is 0. The maximum absolute atomic E-state index is 12.8. The van der Waals surface area contributed by atoms with Crippen molar-refractivity contribution in [1.82, 2.24) is 10.4 Å². The smallest absolute Gasteiger partial charge is 0.272 e. The minimum absolute atomic E-state index is 0.0552. The van der Waals surface area contributed by atoms with Gasteiger partial charge in [0.05, 0.1) is 23.0 Å². The van der Waals surface area contributed by atoms with Gasteiger partial charge in [-0.15, -0.1) is 0 Å². The maximum atomic E-state index is 12.8. The summed E-state index contributed by atoms with van der Waals surface area (Å²) in [4.78, 5) is 17.5. The number of amides is 1. The van der Waals surface area contributed by atoms with Crippen LogP contribution in [0, 0.1) is 0 Å². The number of pyridine rings is 1. The molecule has 1 amide bonds. The summed E-state index contributed by atoms with van der Waals surface area (Å²) in [6.07, 6.45) is 1.31. The number of carbonyl (C=O) groups excluding carboxylic acids is 1. The molecular formula is C23H17N3O3. The average Bonchev–Trinajstić information content (AvgIpc) is 2.75. The van der Waals surface area contributed by atoms with E-state index in [0.717, 1.165) is 5.56 Å². The van der Waals surface area contributed by atoms with Crippen LogP contribution in [-0.2, 0) is 0 Å². The highest BCUT2D eigenvalue weighted by atomic mass is 16.3. The van der Waals surface area contributed by atoms with Gasteiger partial charge >= 0.3 is 0 Å². The Morgan fingerprint density at radius 2 is 1.69 bits per heavy atom. The molecule has 3 N–H and O–H groups in total. The van der Waals surface area contributed by atoms with Crippen molar-refractivity contribution in [3.63, 3.8) is 0 Å². The molecule has 0 spiro atoms. The van der Waals surface area contributed by atoms with Gasteiger partial charge < -0.3 is 10.2 Å². The fourth-order valence-electron chi connectivity index (χ4n) is 2.98. The number of nitrogens with zero attached hydrogens (tertiary/aromatic N) is 2. The first kappa shape index (κ1) is 18.2. The molecule has 0 aliphatic rings. The van der Waals surface area contributed by atoms with Gasteiger partial charge in [-0.2, -0.15) is 5.10 Å². The van der Waals surface area contributed by atoms with Gasteiger partial charge in [0.1, 0.15) is 11.5 Å². The van der Waals surface area contributed by atoms with E-state index in [1.54, 1.807) is 6.07 Å². The molecule has 0 unspecified atom stereocenters. The first-order valence-corrected chi connectivity index (χ1v) is 8.92. The van der Waals surface area contributed by atoms with Crippen molar-refractivity contribution in [1.29, 1.82) is 0 Å². The Kier molecular flexibility index (Phi) is 4.90. The van der Waals surface area contributed by atoms with Gasteiger partial charge in [-0.25, -0.2) is 10.4 Å². The molecule has 0 fully saturated rings. The largest absolute Gasteiger partial charge is 0.508 e. The van der Waals surface area contributed by atoms with E-state index >= 15 is 0 Å². The topological polar surface area (TPSA) is 94.8 Å². The van der Waals surface area contributed by atoms with Crippen LogP contribution in [0.2, 0.25) is 0 Å². The standard InChI is InChI=1S/C23H17N3O3/c27-17-11-10-16(22(28)12-17)14-24-26-23(29)19-13-21(15-6-2-1-3-7-15)25-20-9-5-4-8-18(19)20/h1-14,27-28H,(H,26,29). The zero-order chi connectivity index (χ0) is 20.2. The van der Waals surface area contributed by atoms with E-state index in [1.165, 1.54) is 24.4 Å². The first-order valence-electron chi connectivity index (χ1n) is 8.92. The van der Waals surface area contributed by atoms with Crippen LogP contribution in [0.15, 0.2) is 84.0 Å². The molecule has 29 heavy (non-hydrogen) atoms. The number of aromatic nitrogens is 1. The lowest BCUT2D eigenvalue weighted by atomic mass is 10.0. The molecular weight excluding hydrogens is 366 g/mol. The van der Waals surface area contributed by atoms with Crippen molar-refractivity contribution in [2.45, 2.75) is 0 Å². The van der Waals surface area contributed by atoms with Crippen molar-refractivity contribution in [2.24, 2.45) is 5.10 Å². The highest BCUT2D eigenvalue weighted by Crippen LogP contribution is 2.25. The number of phenols is 2. The fourth-order valence-corrected chi connectivity index (χ4v) is 2.98. The third-order valence-corrected chi connectivity index (χ3v) is 4.41. The fraction of sp³-hybridized carbons (Fsp3) is 0. The monoisotopic (exact) mass is 383 g/mol. The van der Waals surface area contributed by atoms with Gasteiger partial charge in [0, 0.05) is 22.6 Å². The van der Waals surface area contributed by atoms with Crippen molar-refractivity contribution >= 4 is 23.0 Å². The summed E-state index contributed by atoms with van der Waals surface area (Å²) in [5.41, 5.74) is 5.61. The summed E-state index contributed by atoms with van der Waals surface area (Å²) >= 11 is 0. The summed E-state index contributed by atoms with van der Waals surface area (Å²) in [6, 6.07) is 22.9. The highest BCUT2D eigenvalue weighted by molar-refractivity contribution is 6.07. The number of carbonyl (C=O) groups is 1. The van der Waals surface area contributed by atoms with Crippen molar-refractivity contribution < 1.29 is 15.0 Å². The van der Waals surface area contributed by atoms with E-state index in [4.69, 9.17) is 0 Å². The van der Waals surface area contributed by atoms with Crippen LogP contribution in [0.5, 0.6) is 11.5 Å². The second-order valence-corrected chi connectivity index (χ2v) is 6.38. The summed E-state index contributed by atoms with van der Waals surface area (Å²) in [5.74, 6) is -0.584. The molecule has 0 atom stereocenters. The highest BCUT2D eigenvalue weighted by Gasteiger charge is 2.13. The van der Waals surface area contributed by atoms with E-state index in [1.807, 2.05) is 54.6 Å². The molecule has 4 rings (SSSR count). The maximum Gasteiger partial charge on any atom is 0.272 e. The number of aromatic hydroxyl groups is 2. The number of rotatable bonds is 4. The molecule has 3 aromatic carbocycles. The Balaban J connectivity index is 1.67. The predicted molar refractivity (Wildman–Crippen MR) is 112 cm³/mol. The molecule has 0 saturated carbocycles. The molecule has 0 aliphatic carbocycles. The Morgan fingerprint density at radius 3 is 2.48 bits per heavy atom. The number of para-hydroxylation sites is 1. The van der Waals surface area contributed by atoms with Gasteiger partial charge in [0.25, 0.3) is 5.91 Å². The lowest BCUT2D eigenvalue weighted by Gasteiger charge is -2.09. The zero-order valence-electron chi connectivity index (χ0n) is 15.3. The number of nitrogens with one attached hydrogen (secondary N) is 1. The van der Waals surface area contributed by atoms with Crippen LogP contribution in [0.3, 0.4) is 0 Å². The molecule has 0 bridgehead atoms. The van der Waals surface area contributed by atoms with Crippen LogP contribution < -0.4 is 5.43 Å². The molecule has 4 aromatic rings. The third-order valence-electron chi connectivity index (χ3n) is 4.41. The quantitative estimate of drug-likeness (QED) is 0.366. The SMILES string of the molecule is O=C(NN=Cc1ccc(O)cc1O)c1cc(-c2ccccc2)nc2ccccc12. The molecule has 0 saturated heterocycles. The minimum Gasteiger partial charge on any atom is -0.508 e. The molecule has 0 radical (unpaired) electrons. The van der Waals surface area contributed by atoms with Gasteiger partial charge in [0.2, 0.25) is 0 Å². The van der Waals surface area contributed by atoms with E-state index in [0.29, 0.717) is 27.7 Å². The molecule has 0 aliphatic heterocycles. The van der Waals surface area contributed by atoms with E-state index in [9.17, 15) is 15.0 Å². The van der Waals surface area contributed by atoms with Gasteiger partial charge in [-0.05, 0) is 24.3 Å². The third kappa shape index (κ3) is 3.91. The number of hydrazone groups is 1. The van der Waals surface area contributed by atoms with Crippen molar-refractivity contribution in [3.05, 3.63) is 90.0 Å². The first-order chi connectivity index (χ1) is 14.1. The van der Waals surface area contributed by atoms with Crippen LogP contribution in [0.4, 0.5) is 0 Å². The van der Waals surface area contributed by atoms with Crippen LogP contribution in [0.25, 0.3) is 22.2 Å². The van der Waals surface area contributed by atoms with Crippen molar-refractivity contribution in [3.8, 4) is 22.8 Å². The number of hydrogen-bond acceptors (Lipinski definition) is 5. The minimum atomic E-state index is -0.393. The number of benzene rings is 3. The molecule has 142 valence electrons. The molecule has 6 heteroatoms. The predicted octanol–water partition coefficient (Wildman–Crippen LogP) is 4.08. The van der Waals surface area contributed by atoms with Crippen LogP contribution >= 0.6 is 0 Å². The van der Waals surface area contributed by atoms with Gasteiger partial charge in [-0.3, -0.25) is 4.79 Å². The number of hydrogen-bond donors (Lipinski definition) is 3. The normalized spacial score (nSPS) is 11.0.